The summed E-state index contributed by atoms with van der Waals surface area (Å²) in [5.74, 6) is 0. The summed E-state index contributed by atoms with van der Waals surface area (Å²) in [5, 5.41) is 9.29. The fourth-order valence-electron chi connectivity index (χ4n) is 2.63. The summed E-state index contributed by atoms with van der Waals surface area (Å²) >= 11 is 0. The number of aromatic amines is 1. The first kappa shape index (κ1) is 15.7. The minimum atomic E-state index is -0.475. The second-order valence-corrected chi connectivity index (χ2v) is 5.54. The van der Waals surface area contributed by atoms with Gasteiger partial charge in [-0.25, -0.2) is 0 Å². The highest BCUT2D eigenvalue weighted by Gasteiger charge is 2.07. The van der Waals surface area contributed by atoms with E-state index in [9.17, 15) is 9.59 Å². The molecular formula is C18H16N4O2. The molecule has 0 unspecified atom stereocenters. The zero-order valence-corrected chi connectivity index (χ0v) is 13.0. The summed E-state index contributed by atoms with van der Waals surface area (Å²) in [6, 6.07) is 10.7. The molecule has 6 nitrogen and oxygen atoms in total. The van der Waals surface area contributed by atoms with Gasteiger partial charge in [-0.3, -0.25) is 14.6 Å². The highest BCUT2D eigenvalue weighted by molar-refractivity contribution is 5.78. The lowest BCUT2D eigenvalue weighted by Crippen LogP contribution is -2.22. The van der Waals surface area contributed by atoms with Crippen molar-refractivity contribution in [2.45, 2.75) is 25.8 Å². The third-order valence-corrected chi connectivity index (χ3v) is 3.91. The number of aryl methyl sites for hydroxylation is 2. The Hall–Kier alpha value is -3.20. The van der Waals surface area contributed by atoms with Crippen molar-refractivity contribution in [1.29, 1.82) is 5.26 Å². The topological polar surface area (TPSA) is 91.5 Å². The molecule has 3 rings (SSSR count). The standard InChI is InChI=1S/C18H16N4O2/c19-12-13-11-15-16(21-17(13)23)7-10-22(18(15)24)9-4-2-6-14-5-1-3-8-20-14/h1,3,5,7-8,10-11H,2,4,6,9H2,(H,21,23). The number of hydrogen-bond acceptors (Lipinski definition) is 4. The average Bonchev–Trinajstić information content (AvgIpc) is 2.61. The smallest absolute Gasteiger partial charge is 0.266 e. The van der Waals surface area contributed by atoms with Crippen molar-refractivity contribution in [2.75, 3.05) is 0 Å². The monoisotopic (exact) mass is 320 g/mol. The molecule has 120 valence electrons. The van der Waals surface area contributed by atoms with Crippen LogP contribution in [0.4, 0.5) is 0 Å². The molecule has 24 heavy (non-hydrogen) atoms. The van der Waals surface area contributed by atoms with E-state index >= 15 is 0 Å². The summed E-state index contributed by atoms with van der Waals surface area (Å²) in [6.45, 7) is 0.586. The van der Waals surface area contributed by atoms with E-state index in [2.05, 4.69) is 9.97 Å². The summed E-state index contributed by atoms with van der Waals surface area (Å²) in [6.07, 6.45) is 6.09. The number of aromatic nitrogens is 3. The predicted octanol–water partition coefficient (Wildman–Crippen LogP) is 1.98. The number of nitriles is 1. The van der Waals surface area contributed by atoms with E-state index in [0.29, 0.717) is 17.4 Å². The van der Waals surface area contributed by atoms with Crippen LogP contribution in [0.5, 0.6) is 0 Å². The van der Waals surface area contributed by atoms with Gasteiger partial charge in [0.15, 0.2) is 0 Å². The molecular weight excluding hydrogens is 304 g/mol. The number of pyridine rings is 3. The molecule has 0 saturated carbocycles. The van der Waals surface area contributed by atoms with Crippen molar-refractivity contribution >= 4 is 10.9 Å². The molecule has 0 aliphatic carbocycles. The van der Waals surface area contributed by atoms with Crippen LogP contribution < -0.4 is 11.1 Å². The molecule has 0 saturated heterocycles. The fraction of sp³-hybridized carbons (Fsp3) is 0.222. The van der Waals surface area contributed by atoms with Crippen LogP contribution >= 0.6 is 0 Å². The van der Waals surface area contributed by atoms with Crippen molar-refractivity contribution in [3.05, 3.63) is 74.7 Å². The highest BCUT2D eigenvalue weighted by Crippen LogP contribution is 2.07. The Morgan fingerprint density at radius 1 is 1.21 bits per heavy atom. The molecule has 0 fully saturated rings. The molecule has 0 aliphatic rings. The van der Waals surface area contributed by atoms with Gasteiger partial charge in [0.05, 0.1) is 10.9 Å². The van der Waals surface area contributed by atoms with Crippen LogP contribution in [0.3, 0.4) is 0 Å². The van der Waals surface area contributed by atoms with Crippen molar-refractivity contribution < 1.29 is 0 Å². The Labute approximate surface area is 138 Å². The molecule has 0 bridgehead atoms. The largest absolute Gasteiger partial charge is 0.321 e. The summed E-state index contributed by atoms with van der Waals surface area (Å²) in [4.78, 5) is 30.9. The maximum atomic E-state index is 12.5. The number of rotatable bonds is 5. The SMILES string of the molecule is N#Cc1cc2c(=O)n(CCCCc3ccccn3)ccc2[nH]c1=O. The first-order chi connectivity index (χ1) is 11.7. The molecule has 0 spiro atoms. The molecule has 0 atom stereocenters. The van der Waals surface area contributed by atoms with Crippen molar-refractivity contribution in [1.82, 2.24) is 14.5 Å². The first-order valence-corrected chi connectivity index (χ1v) is 7.75. The van der Waals surface area contributed by atoms with Gasteiger partial charge in [-0.15, -0.1) is 0 Å². The third kappa shape index (κ3) is 3.25. The van der Waals surface area contributed by atoms with Crippen LogP contribution in [0.25, 0.3) is 10.9 Å². The number of nitrogens with one attached hydrogen (secondary N) is 1. The normalized spacial score (nSPS) is 10.6. The summed E-state index contributed by atoms with van der Waals surface area (Å²) in [5.41, 5.74) is 0.774. The van der Waals surface area contributed by atoms with Gasteiger partial charge in [-0.05, 0) is 43.5 Å². The van der Waals surface area contributed by atoms with Crippen LogP contribution in [0.15, 0.2) is 52.3 Å². The van der Waals surface area contributed by atoms with Crippen molar-refractivity contribution in [3.8, 4) is 6.07 Å². The quantitative estimate of drug-likeness (QED) is 0.728. The van der Waals surface area contributed by atoms with Crippen LogP contribution in [0.1, 0.15) is 24.1 Å². The van der Waals surface area contributed by atoms with Crippen LogP contribution in [-0.4, -0.2) is 14.5 Å². The van der Waals surface area contributed by atoms with Crippen LogP contribution in [0, 0.1) is 11.3 Å². The zero-order valence-electron chi connectivity index (χ0n) is 13.0. The van der Waals surface area contributed by atoms with Crippen LogP contribution in [-0.2, 0) is 13.0 Å². The molecule has 0 radical (unpaired) electrons. The Kier molecular flexibility index (Phi) is 4.52. The summed E-state index contributed by atoms with van der Waals surface area (Å²) < 4.78 is 1.61. The van der Waals surface area contributed by atoms with E-state index in [1.807, 2.05) is 18.2 Å². The Bertz CT molecular complexity index is 1010. The van der Waals surface area contributed by atoms with Crippen molar-refractivity contribution in [2.24, 2.45) is 0 Å². The van der Waals surface area contributed by atoms with Gasteiger partial charge < -0.3 is 9.55 Å². The third-order valence-electron chi connectivity index (χ3n) is 3.91. The number of H-pyrrole nitrogens is 1. The molecule has 3 aromatic heterocycles. The van der Waals surface area contributed by atoms with E-state index in [0.717, 1.165) is 25.0 Å². The number of unbranched alkanes of at least 4 members (excludes halogenated alkanes) is 1. The van der Waals surface area contributed by atoms with E-state index in [1.54, 1.807) is 29.1 Å². The molecule has 3 aromatic rings. The average molecular weight is 320 g/mol. The van der Waals surface area contributed by atoms with Gasteiger partial charge in [0.25, 0.3) is 11.1 Å². The van der Waals surface area contributed by atoms with Gasteiger partial charge >= 0.3 is 0 Å². The van der Waals surface area contributed by atoms with Crippen molar-refractivity contribution in [3.63, 3.8) is 0 Å². The van der Waals surface area contributed by atoms with E-state index in [4.69, 9.17) is 5.26 Å². The second kappa shape index (κ2) is 6.92. The van der Waals surface area contributed by atoms with Crippen LogP contribution in [0.2, 0.25) is 0 Å². The fourth-order valence-corrected chi connectivity index (χ4v) is 2.63. The molecule has 1 N–H and O–H groups in total. The Morgan fingerprint density at radius 2 is 2.08 bits per heavy atom. The Morgan fingerprint density at radius 3 is 2.83 bits per heavy atom. The molecule has 3 heterocycles. The number of hydrogen-bond donors (Lipinski definition) is 1. The summed E-state index contributed by atoms with van der Waals surface area (Å²) in [7, 11) is 0. The minimum Gasteiger partial charge on any atom is -0.321 e. The molecule has 0 aliphatic heterocycles. The van der Waals surface area contributed by atoms with E-state index < -0.39 is 5.56 Å². The minimum absolute atomic E-state index is 0.0486. The second-order valence-electron chi connectivity index (χ2n) is 5.54. The highest BCUT2D eigenvalue weighted by atomic mass is 16.1. The molecule has 0 aromatic carbocycles. The van der Waals surface area contributed by atoms with E-state index in [-0.39, 0.29) is 11.1 Å². The van der Waals surface area contributed by atoms with Gasteiger partial charge in [-0.2, -0.15) is 5.26 Å². The molecule has 6 heteroatoms. The van der Waals surface area contributed by atoms with Gasteiger partial charge in [-0.1, -0.05) is 6.07 Å². The lowest BCUT2D eigenvalue weighted by atomic mass is 10.1. The van der Waals surface area contributed by atoms with Gasteiger partial charge in [0.2, 0.25) is 0 Å². The number of nitrogens with zero attached hydrogens (tertiary/aromatic N) is 3. The number of fused-ring (bicyclic) bond motifs is 1. The maximum Gasteiger partial charge on any atom is 0.266 e. The first-order valence-electron chi connectivity index (χ1n) is 7.75. The lowest BCUT2D eigenvalue weighted by Gasteiger charge is -2.07. The van der Waals surface area contributed by atoms with Gasteiger partial charge in [0, 0.05) is 24.6 Å². The lowest BCUT2D eigenvalue weighted by molar-refractivity contribution is 0.593. The zero-order chi connectivity index (χ0) is 16.9. The molecule has 0 amide bonds. The maximum absolute atomic E-state index is 12.5. The van der Waals surface area contributed by atoms with E-state index in [1.165, 1.54) is 6.07 Å². The van der Waals surface area contributed by atoms with Gasteiger partial charge in [0.1, 0.15) is 11.6 Å². The predicted molar refractivity (Wildman–Crippen MR) is 90.7 cm³/mol. The Balaban J connectivity index is 1.74.